The summed E-state index contributed by atoms with van der Waals surface area (Å²) < 4.78 is 0. The average molecular weight is 344 g/mol. The zero-order valence-electron chi connectivity index (χ0n) is 15.5. The molecule has 0 fully saturated rings. The topological polar surface area (TPSA) is 66.0 Å². The van der Waals surface area contributed by atoms with Gasteiger partial charge >= 0.3 is 5.97 Å². The van der Waals surface area contributed by atoms with Gasteiger partial charge in [0, 0.05) is 6.42 Å². The van der Waals surface area contributed by atoms with Gasteiger partial charge in [-0.1, -0.05) is 77.2 Å². The molecule has 2 rings (SSSR count). The molecule has 2 aromatic rings. The normalized spacial score (nSPS) is 11.2. The van der Waals surface area contributed by atoms with E-state index in [4.69, 9.17) is 0 Å². The Bertz CT molecular complexity index is 648. The number of H-pyrrole nitrogens is 1. The van der Waals surface area contributed by atoms with Gasteiger partial charge in [0.15, 0.2) is 0 Å². The van der Waals surface area contributed by atoms with Gasteiger partial charge in [-0.3, -0.25) is 0 Å². The molecular weight excluding hydrogens is 312 g/mol. The molecule has 0 aliphatic heterocycles. The van der Waals surface area contributed by atoms with Gasteiger partial charge in [0.25, 0.3) is 0 Å². The summed E-state index contributed by atoms with van der Waals surface area (Å²) in [5.74, 6) is -0.0158. The van der Waals surface area contributed by atoms with E-state index in [2.05, 4.69) is 16.9 Å². The van der Waals surface area contributed by atoms with Crippen LogP contribution >= 0.6 is 0 Å². The SMILES string of the molecule is CCCCCCCCCCCCCc1nc2c(C(=O)O)cccc2[nH]1. The molecule has 0 radical (unpaired) electrons. The Morgan fingerprint density at radius 1 is 0.960 bits per heavy atom. The van der Waals surface area contributed by atoms with Crippen LogP contribution in [0.5, 0.6) is 0 Å². The number of aromatic nitrogens is 2. The predicted molar refractivity (Wildman–Crippen MR) is 103 cm³/mol. The van der Waals surface area contributed by atoms with Crippen molar-refractivity contribution in [2.24, 2.45) is 0 Å². The number of carboxylic acid groups (broad SMARTS) is 1. The number of carbonyl (C=O) groups is 1. The maximum absolute atomic E-state index is 11.2. The maximum Gasteiger partial charge on any atom is 0.337 e. The molecule has 2 N–H and O–H groups in total. The van der Waals surface area contributed by atoms with Crippen molar-refractivity contribution in [3.05, 3.63) is 29.6 Å². The van der Waals surface area contributed by atoms with Crippen molar-refractivity contribution >= 4 is 17.0 Å². The number of unbranched alkanes of at least 4 members (excludes halogenated alkanes) is 10. The second-order valence-corrected chi connectivity index (χ2v) is 6.98. The third-order valence-corrected chi connectivity index (χ3v) is 4.81. The van der Waals surface area contributed by atoms with Crippen molar-refractivity contribution in [3.8, 4) is 0 Å². The van der Waals surface area contributed by atoms with Crippen molar-refractivity contribution in [2.45, 2.75) is 84.0 Å². The predicted octanol–water partition coefficient (Wildman–Crippen LogP) is 6.11. The summed E-state index contributed by atoms with van der Waals surface area (Å²) in [7, 11) is 0. The van der Waals surface area contributed by atoms with Crippen LogP contribution < -0.4 is 0 Å². The number of aromatic carboxylic acids is 1. The summed E-state index contributed by atoms with van der Waals surface area (Å²) in [6, 6.07) is 5.26. The van der Waals surface area contributed by atoms with E-state index in [0.29, 0.717) is 5.52 Å². The molecule has 0 bridgehead atoms. The number of nitrogens with zero attached hydrogens (tertiary/aromatic N) is 1. The van der Waals surface area contributed by atoms with Crippen LogP contribution in [0.2, 0.25) is 0 Å². The van der Waals surface area contributed by atoms with Gasteiger partial charge in [0.05, 0.1) is 11.1 Å². The quantitative estimate of drug-likeness (QED) is 0.430. The molecule has 1 aromatic carbocycles. The van der Waals surface area contributed by atoms with E-state index >= 15 is 0 Å². The molecule has 4 heteroatoms. The highest BCUT2D eigenvalue weighted by molar-refractivity contribution is 6.00. The highest BCUT2D eigenvalue weighted by Gasteiger charge is 2.12. The smallest absolute Gasteiger partial charge is 0.337 e. The number of para-hydroxylation sites is 1. The molecule has 0 aliphatic rings. The summed E-state index contributed by atoms with van der Waals surface area (Å²) in [6.45, 7) is 2.26. The Morgan fingerprint density at radius 2 is 1.56 bits per heavy atom. The van der Waals surface area contributed by atoms with Gasteiger partial charge in [0.1, 0.15) is 11.3 Å². The Kier molecular flexibility index (Phi) is 8.50. The van der Waals surface area contributed by atoms with Crippen LogP contribution in [0.25, 0.3) is 11.0 Å². The highest BCUT2D eigenvalue weighted by atomic mass is 16.4. The lowest BCUT2D eigenvalue weighted by Gasteiger charge is -2.02. The minimum atomic E-state index is -0.918. The molecule has 0 amide bonds. The van der Waals surface area contributed by atoms with E-state index in [1.54, 1.807) is 12.1 Å². The lowest BCUT2D eigenvalue weighted by atomic mass is 10.1. The van der Waals surface area contributed by atoms with Gasteiger partial charge in [-0.2, -0.15) is 0 Å². The molecule has 4 nitrogen and oxygen atoms in total. The number of benzene rings is 1. The number of hydrogen-bond donors (Lipinski definition) is 2. The molecule has 1 aromatic heterocycles. The molecule has 1 heterocycles. The number of hydrogen-bond acceptors (Lipinski definition) is 2. The Labute approximate surface area is 151 Å². The Morgan fingerprint density at radius 3 is 2.16 bits per heavy atom. The highest BCUT2D eigenvalue weighted by Crippen LogP contribution is 2.18. The van der Waals surface area contributed by atoms with Crippen LogP contribution in [-0.2, 0) is 6.42 Å². The standard InChI is InChI=1S/C21H32N2O2/c1-2-3-4-5-6-7-8-9-10-11-12-16-19-22-18-15-13-14-17(21(24)25)20(18)23-19/h13-15H,2-12,16H2,1H3,(H,22,23)(H,24,25). The number of aromatic amines is 1. The van der Waals surface area contributed by atoms with Gasteiger partial charge in [-0.15, -0.1) is 0 Å². The lowest BCUT2D eigenvalue weighted by molar-refractivity contribution is 0.0699. The molecule has 0 atom stereocenters. The number of fused-ring (bicyclic) bond motifs is 1. The second kappa shape index (κ2) is 10.9. The van der Waals surface area contributed by atoms with E-state index in [-0.39, 0.29) is 5.56 Å². The molecule has 138 valence electrons. The average Bonchev–Trinajstić information content (AvgIpc) is 3.02. The Hall–Kier alpha value is -1.84. The maximum atomic E-state index is 11.2. The second-order valence-electron chi connectivity index (χ2n) is 6.98. The third kappa shape index (κ3) is 6.52. The van der Waals surface area contributed by atoms with Crippen molar-refractivity contribution in [2.75, 3.05) is 0 Å². The fraction of sp³-hybridized carbons (Fsp3) is 0.619. The first kappa shape index (κ1) is 19.5. The summed E-state index contributed by atoms with van der Waals surface area (Å²) in [6.07, 6.45) is 15.5. The fourth-order valence-corrected chi connectivity index (χ4v) is 3.33. The van der Waals surface area contributed by atoms with E-state index in [1.165, 1.54) is 64.2 Å². The van der Waals surface area contributed by atoms with Crippen LogP contribution in [0.4, 0.5) is 0 Å². The first-order chi connectivity index (χ1) is 12.2. The van der Waals surface area contributed by atoms with Crippen molar-refractivity contribution in [1.29, 1.82) is 0 Å². The van der Waals surface area contributed by atoms with Gasteiger partial charge in [0.2, 0.25) is 0 Å². The Balaban J connectivity index is 1.60. The van der Waals surface area contributed by atoms with Crippen LogP contribution in [0.15, 0.2) is 18.2 Å². The number of imidazole rings is 1. The number of nitrogens with one attached hydrogen (secondary N) is 1. The molecule has 0 unspecified atom stereocenters. The van der Waals surface area contributed by atoms with E-state index in [0.717, 1.165) is 24.2 Å². The molecule has 0 saturated heterocycles. The molecule has 25 heavy (non-hydrogen) atoms. The van der Waals surface area contributed by atoms with Crippen molar-refractivity contribution < 1.29 is 9.90 Å². The third-order valence-electron chi connectivity index (χ3n) is 4.81. The van der Waals surface area contributed by atoms with Crippen molar-refractivity contribution in [1.82, 2.24) is 9.97 Å². The summed E-state index contributed by atoms with van der Waals surface area (Å²) in [4.78, 5) is 19.0. The van der Waals surface area contributed by atoms with Gasteiger partial charge in [-0.25, -0.2) is 9.78 Å². The van der Waals surface area contributed by atoms with E-state index in [1.807, 2.05) is 6.07 Å². The zero-order valence-corrected chi connectivity index (χ0v) is 15.5. The zero-order chi connectivity index (χ0) is 17.9. The molecule has 0 aliphatic carbocycles. The first-order valence-corrected chi connectivity index (χ1v) is 9.93. The summed E-state index contributed by atoms with van der Waals surface area (Å²) >= 11 is 0. The summed E-state index contributed by atoms with van der Waals surface area (Å²) in [5, 5.41) is 9.22. The van der Waals surface area contributed by atoms with Crippen LogP contribution in [0, 0.1) is 0 Å². The number of aryl methyl sites for hydroxylation is 1. The minimum absolute atomic E-state index is 0.277. The largest absolute Gasteiger partial charge is 0.478 e. The van der Waals surface area contributed by atoms with Crippen LogP contribution in [-0.4, -0.2) is 21.0 Å². The van der Waals surface area contributed by atoms with E-state index in [9.17, 15) is 9.90 Å². The molecular formula is C21H32N2O2. The number of carboxylic acids is 1. The number of rotatable bonds is 13. The van der Waals surface area contributed by atoms with Crippen LogP contribution in [0.3, 0.4) is 0 Å². The minimum Gasteiger partial charge on any atom is -0.478 e. The van der Waals surface area contributed by atoms with Gasteiger partial charge < -0.3 is 10.1 Å². The monoisotopic (exact) mass is 344 g/mol. The first-order valence-electron chi connectivity index (χ1n) is 9.93. The van der Waals surface area contributed by atoms with Gasteiger partial charge in [-0.05, 0) is 18.6 Å². The van der Waals surface area contributed by atoms with E-state index < -0.39 is 5.97 Å². The molecule has 0 spiro atoms. The summed E-state index contributed by atoms with van der Waals surface area (Å²) in [5.41, 5.74) is 1.67. The molecule has 0 saturated carbocycles. The lowest BCUT2D eigenvalue weighted by Crippen LogP contribution is -1.96. The fourth-order valence-electron chi connectivity index (χ4n) is 3.33. The van der Waals surface area contributed by atoms with Crippen molar-refractivity contribution in [3.63, 3.8) is 0 Å². The van der Waals surface area contributed by atoms with Crippen LogP contribution in [0.1, 0.15) is 93.7 Å².